The third-order valence-electron chi connectivity index (χ3n) is 2.85. The third-order valence-corrected chi connectivity index (χ3v) is 3.23. The van der Waals surface area contributed by atoms with Gasteiger partial charge in [-0.3, -0.25) is 0 Å². The minimum absolute atomic E-state index is 0.0723. The summed E-state index contributed by atoms with van der Waals surface area (Å²) in [7, 11) is 0. The van der Waals surface area contributed by atoms with Crippen molar-refractivity contribution < 1.29 is 0 Å². The van der Waals surface area contributed by atoms with Gasteiger partial charge in [0.05, 0.1) is 0 Å². The molecule has 1 heteroatoms. The fourth-order valence-electron chi connectivity index (χ4n) is 1.79. The number of unbranched alkanes of at least 4 members (excludes halogenated alkanes) is 5. The zero-order valence-corrected chi connectivity index (χ0v) is 11.0. The molecule has 0 heterocycles. The molecule has 0 aliphatic carbocycles. The summed E-state index contributed by atoms with van der Waals surface area (Å²) in [6, 6.07) is 0. The summed E-state index contributed by atoms with van der Waals surface area (Å²) in [5.74, 6) is 0. The molecule has 0 aromatic rings. The van der Waals surface area contributed by atoms with Crippen molar-refractivity contribution in [1.29, 1.82) is 0 Å². The molecular formula is C13H27Cl. The average molecular weight is 219 g/mol. The Labute approximate surface area is 95.4 Å². The average Bonchev–Trinajstić information content (AvgIpc) is 2.13. The predicted molar refractivity (Wildman–Crippen MR) is 67.2 cm³/mol. The van der Waals surface area contributed by atoms with E-state index in [-0.39, 0.29) is 4.87 Å². The molecule has 0 radical (unpaired) electrons. The number of hydrogen-bond acceptors (Lipinski definition) is 0. The lowest BCUT2D eigenvalue weighted by atomic mass is 9.96. The van der Waals surface area contributed by atoms with Crippen LogP contribution < -0.4 is 0 Å². The molecule has 0 amide bonds. The van der Waals surface area contributed by atoms with Crippen molar-refractivity contribution in [3.8, 4) is 0 Å². The van der Waals surface area contributed by atoms with Gasteiger partial charge in [0, 0.05) is 4.87 Å². The van der Waals surface area contributed by atoms with E-state index in [0.717, 1.165) is 0 Å². The Morgan fingerprint density at radius 2 is 1.21 bits per heavy atom. The molecule has 0 fully saturated rings. The van der Waals surface area contributed by atoms with Crippen LogP contribution in [0.3, 0.4) is 0 Å². The summed E-state index contributed by atoms with van der Waals surface area (Å²) in [6.07, 6.45) is 11.6. The van der Waals surface area contributed by atoms with Crippen LogP contribution in [0.25, 0.3) is 0 Å². The maximum absolute atomic E-state index is 6.45. The molecule has 0 saturated carbocycles. The van der Waals surface area contributed by atoms with Crippen molar-refractivity contribution in [3.63, 3.8) is 0 Å². The second kappa shape index (κ2) is 8.59. The van der Waals surface area contributed by atoms with Gasteiger partial charge in [-0.15, -0.1) is 11.6 Å². The van der Waals surface area contributed by atoms with Crippen LogP contribution in [-0.4, -0.2) is 4.87 Å². The zero-order chi connectivity index (χ0) is 10.9. The van der Waals surface area contributed by atoms with E-state index in [1.54, 1.807) is 0 Å². The lowest BCUT2D eigenvalue weighted by Gasteiger charge is -2.21. The van der Waals surface area contributed by atoms with E-state index in [2.05, 4.69) is 20.8 Å². The van der Waals surface area contributed by atoms with Crippen molar-refractivity contribution >= 4 is 11.6 Å². The summed E-state index contributed by atoms with van der Waals surface area (Å²) >= 11 is 6.45. The van der Waals surface area contributed by atoms with Crippen LogP contribution in [-0.2, 0) is 0 Å². The first-order valence-electron chi connectivity index (χ1n) is 6.31. The molecule has 0 aromatic carbocycles. The van der Waals surface area contributed by atoms with Crippen LogP contribution >= 0.6 is 11.6 Å². The quantitative estimate of drug-likeness (QED) is 0.352. The molecule has 0 saturated heterocycles. The van der Waals surface area contributed by atoms with E-state index < -0.39 is 0 Å². The molecule has 0 bridgehead atoms. The zero-order valence-electron chi connectivity index (χ0n) is 10.2. The summed E-state index contributed by atoms with van der Waals surface area (Å²) in [6.45, 7) is 6.70. The van der Waals surface area contributed by atoms with Crippen LogP contribution in [0.15, 0.2) is 0 Å². The van der Waals surface area contributed by atoms with Gasteiger partial charge in [-0.2, -0.15) is 0 Å². The first kappa shape index (κ1) is 14.3. The van der Waals surface area contributed by atoms with Gasteiger partial charge in [0.1, 0.15) is 0 Å². The molecule has 0 spiro atoms. The minimum atomic E-state index is 0.0723. The molecule has 1 unspecified atom stereocenters. The van der Waals surface area contributed by atoms with E-state index in [4.69, 9.17) is 11.6 Å². The Bertz CT molecular complexity index is 118. The second-order valence-corrected chi connectivity index (χ2v) is 5.59. The van der Waals surface area contributed by atoms with Crippen LogP contribution in [0, 0.1) is 0 Å². The minimum Gasteiger partial charge on any atom is -0.120 e. The van der Waals surface area contributed by atoms with Gasteiger partial charge in [-0.1, -0.05) is 58.8 Å². The van der Waals surface area contributed by atoms with Gasteiger partial charge >= 0.3 is 0 Å². The highest BCUT2D eigenvalue weighted by Gasteiger charge is 2.18. The fraction of sp³-hybridized carbons (Fsp3) is 1.00. The van der Waals surface area contributed by atoms with Crippen LogP contribution in [0.5, 0.6) is 0 Å². The molecular weight excluding hydrogens is 192 g/mol. The van der Waals surface area contributed by atoms with E-state index in [9.17, 15) is 0 Å². The molecule has 0 N–H and O–H groups in total. The molecule has 0 aliphatic heterocycles. The van der Waals surface area contributed by atoms with Crippen LogP contribution in [0.4, 0.5) is 0 Å². The lowest BCUT2D eigenvalue weighted by molar-refractivity contribution is 0.469. The van der Waals surface area contributed by atoms with Gasteiger partial charge in [0.15, 0.2) is 0 Å². The number of halogens is 1. The van der Waals surface area contributed by atoms with Gasteiger partial charge in [0.25, 0.3) is 0 Å². The Morgan fingerprint density at radius 3 is 1.71 bits per heavy atom. The highest BCUT2D eigenvalue weighted by Crippen LogP contribution is 2.28. The highest BCUT2D eigenvalue weighted by molar-refractivity contribution is 6.23. The molecule has 0 aliphatic rings. The van der Waals surface area contributed by atoms with E-state index in [1.165, 1.54) is 57.8 Å². The van der Waals surface area contributed by atoms with Crippen molar-refractivity contribution in [1.82, 2.24) is 0 Å². The Balaban J connectivity index is 3.40. The third kappa shape index (κ3) is 8.87. The molecule has 86 valence electrons. The topological polar surface area (TPSA) is 0 Å². The number of hydrogen-bond donors (Lipinski definition) is 0. The van der Waals surface area contributed by atoms with Crippen LogP contribution in [0.2, 0.25) is 0 Å². The van der Waals surface area contributed by atoms with E-state index >= 15 is 0 Å². The van der Waals surface area contributed by atoms with Gasteiger partial charge in [0.2, 0.25) is 0 Å². The van der Waals surface area contributed by atoms with Crippen LogP contribution in [0.1, 0.15) is 78.6 Å². The largest absolute Gasteiger partial charge is 0.120 e. The highest BCUT2D eigenvalue weighted by atomic mass is 35.5. The SMILES string of the molecule is CCCCCCC(C)(Cl)CCCCC. The molecule has 0 nitrogen and oxygen atoms in total. The summed E-state index contributed by atoms with van der Waals surface area (Å²) in [4.78, 5) is 0.0723. The molecule has 0 aromatic heterocycles. The smallest absolute Gasteiger partial charge is 0.0418 e. The fourth-order valence-corrected chi connectivity index (χ4v) is 2.06. The van der Waals surface area contributed by atoms with Crippen molar-refractivity contribution in [3.05, 3.63) is 0 Å². The molecule has 0 rings (SSSR count). The summed E-state index contributed by atoms with van der Waals surface area (Å²) in [5.41, 5.74) is 0. The number of rotatable bonds is 9. The van der Waals surface area contributed by atoms with Gasteiger partial charge in [-0.25, -0.2) is 0 Å². The van der Waals surface area contributed by atoms with E-state index in [0.29, 0.717) is 0 Å². The summed E-state index contributed by atoms with van der Waals surface area (Å²) < 4.78 is 0. The monoisotopic (exact) mass is 218 g/mol. The Hall–Kier alpha value is 0.290. The summed E-state index contributed by atoms with van der Waals surface area (Å²) in [5, 5.41) is 0. The Morgan fingerprint density at radius 1 is 0.786 bits per heavy atom. The first-order valence-corrected chi connectivity index (χ1v) is 6.69. The van der Waals surface area contributed by atoms with Crippen molar-refractivity contribution in [2.24, 2.45) is 0 Å². The van der Waals surface area contributed by atoms with Crippen molar-refractivity contribution in [2.45, 2.75) is 83.4 Å². The Kier molecular flexibility index (Phi) is 8.76. The maximum atomic E-state index is 6.45. The molecule has 14 heavy (non-hydrogen) atoms. The standard InChI is InChI=1S/C13H27Cl/c1-4-6-8-10-12-13(3,14)11-9-7-5-2/h4-12H2,1-3H3. The maximum Gasteiger partial charge on any atom is 0.0418 e. The van der Waals surface area contributed by atoms with E-state index in [1.807, 2.05) is 0 Å². The van der Waals surface area contributed by atoms with Crippen molar-refractivity contribution in [2.75, 3.05) is 0 Å². The molecule has 1 atom stereocenters. The number of alkyl halides is 1. The first-order chi connectivity index (χ1) is 6.62. The van der Waals surface area contributed by atoms with Gasteiger partial charge < -0.3 is 0 Å². The normalized spacial score (nSPS) is 15.4. The lowest BCUT2D eigenvalue weighted by Crippen LogP contribution is -2.15. The predicted octanol–water partition coefficient (Wildman–Crippen LogP) is 5.53. The second-order valence-electron chi connectivity index (χ2n) is 4.68. The van der Waals surface area contributed by atoms with Gasteiger partial charge in [-0.05, 0) is 19.8 Å².